The van der Waals surface area contributed by atoms with Gasteiger partial charge in [0.15, 0.2) is 29.1 Å². The van der Waals surface area contributed by atoms with E-state index in [1.807, 2.05) is 48.5 Å². The molecule has 0 aliphatic carbocycles. The number of aromatic nitrogens is 6. The highest BCUT2D eigenvalue weighted by Crippen LogP contribution is 2.33. The minimum Gasteiger partial charge on any atom is -0.212 e. The van der Waals surface area contributed by atoms with Gasteiger partial charge in [-0.3, -0.25) is 0 Å². The van der Waals surface area contributed by atoms with Gasteiger partial charge in [0.05, 0.1) is 0 Å². The molecule has 0 unspecified atom stereocenters. The summed E-state index contributed by atoms with van der Waals surface area (Å²) >= 11 is 0. The molecule has 0 aliphatic heterocycles. The van der Waals surface area contributed by atoms with Crippen LogP contribution in [0.5, 0.6) is 0 Å². The monoisotopic (exact) mass is 958 g/mol. The minimum atomic E-state index is -0.218. The van der Waals surface area contributed by atoms with Crippen LogP contribution in [-0.2, 0) is 10.8 Å². The molecule has 0 fully saturated rings. The summed E-state index contributed by atoms with van der Waals surface area (Å²) in [6.45, 7) is 13.1. The van der Waals surface area contributed by atoms with Crippen LogP contribution in [-0.4, -0.2) is 29.9 Å². The Balaban J connectivity index is 0.000000172. The summed E-state index contributed by atoms with van der Waals surface area (Å²) in [6.07, 6.45) is 0. The van der Waals surface area contributed by atoms with Crippen LogP contribution < -0.4 is 0 Å². The Kier molecular flexibility index (Phi) is 14.0. The van der Waals surface area contributed by atoms with Crippen LogP contribution in [0.15, 0.2) is 243 Å². The molecule has 0 N–H and O–H groups in total. The van der Waals surface area contributed by atoms with Crippen molar-refractivity contribution in [3.63, 3.8) is 0 Å². The maximum atomic E-state index is 4.95. The standard InChI is InChI=1S/C37H31N3.C31H27N3/c1-37(2,3)36-39-34(38-35(40-36)33-16-10-15-32(25-33)27-13-8-5-9-14-27)31-23-21-30(22-24-31)29-19-17-28(18-20-29)26-11-6-4-7-12-26;1-31(2,3)27-19-11-18-26(21-27)30-33-28(23-14-8-5-9-15-23)32-29(34-30)25-17-10-16-24(20-25)22-12-6-4-7-13-22/h4-25H,1-3H3;4-21H,1-3H3. The number of hydrogen-bond acceptors (Lipinski definition) is 6. The molecule has 0 aliphatic rings. The predicted molar refractivity (Wildman–Crippen MR) is 306 cm³/mol. The van der Waals surface area contributed by atoms with Crippen molar-refractivity contribution >= 4 is 0 Å². The zero-order chi connectivity index (χ0) is 51.1. The molecule has 11 rings (SSSR count). The van der Waals surface area contributed by atoms with Crippen LogP contribution in [0.2, 0.25) is 0 Å². The molecule has 0 atom stereocenters. The van der Waals surface area contributed by atoms with Gasteiger partial charge in [-0.2, -0.15) is 0 Å². The third-order valence-corrected chi connectivity index (χ3v) is 12.9. The Morgan fingerprint density at radius 2 is 0.459 bits per heavy atom. The van der Waals surface area contributed by atoms with E-state index < -0.39 is 0 Å². The molecule has 11 aromatic rings. The number of hydrogen-bond donors (Lipinski definition) is 0. The molecule has 9 aromatic carbocycles. The van der Waals surface area contributed by atoms with Crippen molar-refractivity contribution in [2.75, 3.05) is 0 Å². The lowest BCUT2D eigenvalue weighted by molar-refractivity contribution is 0.543. The third-order valence-electron chi connectivity index (χ3n) is 12.9. The first kappa shape index (κ1) is 48.6. The lowest BCUT2D eigenvalue weighted by Gasteiger charge is -2.19. The summed E-state index contributed by atoms with van der Waals surface area (Å²) in [5.74, 6) is 4.17. The molecule has 6 heteroatoms. The van der Waals surface area contributed by atoms with Crippen LogP contribution in [0.1, 0.15) is 52.9 Å². The Morgan fingerprint density at radius 1 is 0.203 bits per heavy atom. The molecule has 0 saturated carbocycles. The molecule has 6 nitrogen and oxygen atoms in total. The van der Waals surface area contributed by atoms with Gasteiger partial charge in [0.1, 0.15) is 5.82 Å². The second-order valence-corrected chi connectivity index (χ2v) is 20.5. The Hall–Kier alpha value is -9.00. The van der Waals surface area contributed by atoms with E-state index in [1.165, 1.54) is 33.4 Å². The van der Waals surface area contributed by atoms with E-state index in [9.17, 15) is 0 Å². The average molecular weight is 959 g/mol. The van der Waals surface area contributed by atoms with Crippen molar-refractivity contribution in [1.82, 2.24) is 29.9 Å². The highest BCUT2D eigenvalue weighted by Gasteiger charge is 2.22. The molecule has 74 heavy (non-hydrogen) atoms. The minimum absolute atomic E-state index is 0.0398. The molecular formula is C68H58N6. The van der Waals surface area contributed by atoms with Gasteiger partial charge >= 0.3 is 0 Å². The predicted octanol–water partition coefficient (Wildman–Crippen LogP) is 17.3. The summed E-state index contributed by atoms with van der Waals surface area (Å²) in [6, 6.07) is 83.8. The van der Waals surface area contributed by atoms with E-state index in [2.05, 4.69) is 236 Å². The summed E-state index contributed by atoms with van der Waals surface area (Å²) in [4.78, 5) is 29.5. The van der Waals surface area contributed by atoms with Crippen molar-refractivity contribution in [3.8, 4) is 101 Å². The number of nitrogens with zero attached hydrogens (tertiary/aromatic N) is 6. The fraction of sp³-hybridized carbons (Fsp3) is 0.118. The van der Waals surface area contributed by atoms with E-state index in [-0.39, 0.29) is 10.8 Å². The average Bonchev–Trinajstić information content (AvgIpc) is 3.46. The second-order valence-electron chi connectivity index (χ2n) is 20.5. The van der Waals surface area contributed by atoms with Crippen molar-refractivity contribution < 1.29 is 0 Å². The van der Waals surface area contributed by atoms with Gasteiger partial charge in [-0.1, -0.05) is 266 Å². The third kappa shape index (κ3) is 11.5. The van der Waals surface area contributed by atoms with Crippen molar-refractivity contribution in [1.29, 1.82) is 0 Å². The van der Waals surface area contributed by atoms with Crippen LogP contribution in [0, 0.1) is 0 Å². The van der Waals surface area contributed by atoms with Crippen molar-refractivity contribution in [2.45, 2.75) is 52.4 Å². The summed E-state index contributed by atoms with van der Waals surface area (Å²) in [5.41, 5.74) is 15.3. The molecule has 0 spiro atoms. The number of rotatable bonds is 9. The van der Waals surface area contributed by atoms with Gasteiger partial charge in [0.2, 0.25) is 0 Å². The first-order valence-electron chi connectivity index (χ1n) is 25.2. The topological polar surface area (TPSA) is 77.3 Å². The highest BCUT2D eigenvalue weighted by molar-refractivity contribution is 5.75. The molecule has 0 amide bonds. The normalized spacial score (nSPS) is 11.4. The second kappa shape index (κ2) is 21.4. The molecule has 2 aromatic heterocycles. The van der Waals surface area contributed by atoms with Gasteiger partial charge in [-0.15, -0.1) is 0 Å². The lowest BCUT2D eigenvalue weighted by atomic mass is 9.86. The zero-order valence-corrected chi connectivity index (χ0v) is 42.8. The molecule has 360 valence electrons. The van der Waals surface area contributed by atoms with E-state index in [4.69, 9.17) is 29.9 Å². The Labute approximate surface area is 435 Å². The number of benzene rings is 9. The van der Waals surface area contributed by atoms with Gasteiger partial charge in [0, 0.05) is 33.2 Å². The molecular weight excluding hydrogens is 901 g/mol. The van der Waals surface area contributed by atoms with Crippen LogP contribution >= 0.6 is 0 Å². The van der Waals surface area contributed by atoms with Gasteiger partial charge in [-0.05, 0) is 73.7 Å². The largest absolute Gasteiger partial charge is 0.212 e. The van der Waals surface area contributed by atoms with E-state index >= 15 is 0 Å². The lowest BCUT2D eigenvalue weighted by Crippen LogP contribution is -2.18. The van der Waals surface area contributed by atoms with Crippen LogP contribution in [0.3, 0.4) is 0 Å². The van der Waals surface area contributed by atoms with E-state index in [1.54, 1.807) is 0 Å². The first-order chi connectivity index (χ1) is 35.9. The maximum absolute atomic E-state index is 4.95. The molecule has 2 heterocycles. The fourth-order valence-corrected chi connectivity index (χ4v) is 8.68. The summed E-state index contributed by atoms with van der Waals surface area (Å²) < 4.78 is 0. The zero-order valence-electron chi connectivity index (χ0n) is 42.8. The Bertz CT molecular complexity index is 3640. The maximum Gasteiger partial charge on any atom is 0.164 e. The first-order valence-corrected chi connectivity index (χ1v) is 25.2. The van der Waals surface area contributed by atoms with Gasteiger partial charge < -0.3 is 0 Å². The van der Waals surface area contributed by atoms with Crippen LogP contribution in [0.4, 0.5) is 0 Å². The molecule has 0 saturated heterocycles. The van der Waals surface area contributed by atoms with Crippen molar-refractivity contribution in [2.24, 2.45) is 0 Å². The fourth-order valence-electron chi connectivity index (χ4n) is 8.68. The molecule has 0 radical (unpaired) electrons. The highest BCUT2D eigenvalue weighted by atomic mass is 15.0. The summed E-state index contributed by atoms with van der Waals surface area (Å²) in [7, 11) is 0. The molecule has 0 bridgehead atoms. The van der Waals surface area contributed by atoms with E-state index in [0.29, 0.717) is 29.1 Å². The van der Waals surface area contributed by atoms with Crippen molar-refractivity contribution in [3.05, 3.63) is 254 Å². The van der Waals surface area contributed by atoms with Gasteiger partial charge in [0.25, 0.3) is 0 Å². The van der Waals surface area contributed by atoms with Gasteiger partial charge in [-0.25, -0.2) is 29.9 Å². The summed E-state index contributed by atoms with van der Waals surface area (Å²) in [5, 5.41) is 0. The quantitative estimate of drug-likeness (QED) is 0.143. The van der Waals surface area contributed by atoms with Crippen LogP contribution in [0.25, 0.3) is 101 Å². The smallest absolute Gasteiger partial charge is 0.164 e. The SMILES string of the molecule is CC(C)(C)c1cccc(-c2nc(-c3ccccc3)nc(-c3cccc(-c4ccccc4)c3)n2)c1.CC(C)(C)c1nc(-c2ccc(-c3ccc(-c4ccccc4)cc3)cc2)nc(-c2cccc(-c3ccccc3)c2)n1. The Morgan fingerprint density at radius 3 is 0.851 bits per heavy atom. The van der Waals surface area contributed by atoms with E-state index in [0.717, 1.165) is 50.3 Å².